The van der Waals surface area contributed by atoms with Crippen LogP contribution >= 0.6 is 31.9 Å². The Bertz CT molecular complexity index is 365. The molecule has 0 aliphatic carbocycles. The van der Waals surface area contributed by atoms with Crippen molar-refractivity contribution in [3.05, 3.63) is 27.1 Å². The van der Waals surface area contributed by atoms with E-state index < -0.39 is 0 Å². The number of carbonyl (C=O) groups excluding carboxylic acids is 1. The lowest BCUT2D eigenvalue weighted by molar-refractivity contribution is -0.122. The third-order valence-corrected chi connectivity index (χ3v) is 3.94. The SMILES string of the molecule is O=C1CCN1c1ccc(Br)c(Br)c1. The molecule has 68 valence electrons. The summed E-state index contributed by atoms with van der Waals surface area (Å²) in [7, 11) is 0. The number of amides is 1. The highest BCUT2D eigenvalue weighted by Crippen LogP contribution is 2.30. The van der Waals surface area contributed by atoms with Crippen LogP contribution in [0.4, 0.5) is 5.69 Å². The molecule has 0 bridgehead atoms. The number of nitrogens with zero attached hydrogens (tertiary/aromatic N) is 1. The van der Waals surface area contributed by atoms with Crippen molar-refractivity contribution < 1.29 is 4.79 Å². The van der Waals surface area contributed by atoms with E-state index >= 15 is 0 Å². The minimum atomic E-state index is 0.203. The molecule has 1 aliphatic rings. The molecule has 0 aromatic heterocycles. The van der Waals surface area contributed by atoms with E-state index in [-0.39, 0.29) is 5.91 Å². The summed E-state index contributed by atoms with van der Waals surface area (Å²) in [5, 5.41) is 0. The van der Waals surface area contributed by atoms with Gasteiger partial charge < -0.3 is 4.90 Å². The van der Waals surface area contributed by atoms with E-state index in [0.717, 1.165) is 21.2 Å². The Labute approximate surface area is 93.2 Å². The van der Waals surface area contributed by atoms with Crippen LogP contribution in [0.3, 0.4) is 0 Å². The molecule has 0 radical (unpaired) electrons. The molecule has 1 aliphatic heterocycles. The van der Waals surface area contributed by atoms with Crippen LogP contribution in [0.15, 0.2) is 27.1 Å². The summed E-state index contributed by atoms with van der Waals surface area (Å²) < 4.78 is 1.98. The molecule has 4 heteroatoms. The van der Waals surface area contributed by atoms with Gasteiger partial charge in [0.15, 0.2) is 0 Å². The quantitative estimate of drug-likeness (QED) is 0.731. The Kier molecular flexibility index (Phi) is 2.43. The number of carbonyl (C=O) groups is 1. The fraction of sp³-hybridized carbons (Fsp3) is 0.222. The lowest BCUT2D eigenvalue weighted by atomic mass is 10.1. The zero-order valence-electron chi connectivity index (χ0n) is 6.76. The Morgan fingerprint density at radius 2 is 2.00 bits per heavy atom. The van der Waals surface area contributed by atoms with E-state index in [1.165, 1.54) is 0 Å². The first-order valence-electron chi connectivity index (χ1n) is 3.94. The fourth-order valence-corrected chi connectivity index (χ4v) is 1.85. The van der Waals surface area contributed by atoms with Crippen molar-refractivity contribution >= 4 is 43.5 Å². The van der Waals surface area contributed by atoms with E-state index in [9.17, 15) is 4.79 Å². The molecule has 0 saturated carbocycles. The molecule has 1 amide bonds. The Balaban J connectivity index is 2.31. The second-order valence-electron chi connectivity index (χ2n) is 2.89. The van der Waals surface area contributed by atoms with Gasteiger partial charge in [0.1, 0.15) is 0 Å². The maximum atomic E-state index is 11.1. The third kappa shape index (κ3) is 1.65. The van der Waals surface area contributed by atoms with Gasteiger partial charge in [0, 0.05) is 27.6 Å². The Morgan fingerprint density at radius 3 is 2.46 bits per heavy atom. The lowest BCUT2D eigenvalue weighted by Gasteiger charge is -2.30. The summed E-state index contributed by atoms with van der Waals surface area (Å²) in [4.78, 5) is 12.9. The summed E-state index contributed by atoms with van der Waals surface area (Å²) in [6, 6.07) is 5.82. The van der Waals surface area contributed by atoms with Gasteiger partial charge in [-0.15, -0.1) is 0 Å². The lowest BCUT2D eigenvalue weighted by Crippen LogP contribution is -2.43. The van der Waals surface area contributed by atoms with Gasteiger partial charge >= 0.3 is 0 Å². The first kappa shape index (κ1) is 9.21. The van der Waals surface area contributed by atoms with Crippen LogP contribution in [0.5, 0.6) is 0 Å². The van der Waals surface area contributed by atoms with Crippen molar-refractivity contribution in [3.63, 3.8) is 0 Å². The maximum Gasteiger partial charge on any atom is 0.228 e. The van der Waals surface area contributed by atoms with Crippen LogP contribution in [0.25, 0.3) is 0 Å². The summed E-state index contributed by atoms with van der Waals surface area (Å²) in [6.07, 6.45) is 0.674. The standard InChI is InChI=1S/C9H7Br2NO/c10-7-2-1-6(5-8(7)11)12-4-3-9(12)13/h1-2,5H,3-4H2. The van der Waals surface area contributed by atoms with Gasteiger partial charge in [-0.3, -0.25) is 4.79 Å². The zero-order valence-corrected chi connectivity index (χ0v) is 9.93. The van der Waals surface area contributed by atoms with Crippen molar-refractivity contribution in [3.8, 4) is 0 Å². The summed E-state index contributed by atoms with van der Waals surface area (Å²) in [5.41, 5.74) is 0.964. The second-order valence-corrected chi connectivity index (χ2v) is 4.60. The summed E-state index contributed by atoms with van der Waals surface area (Å²) in [5.74, 6) is 0.203. The second kappa shape index (κ2) is 3.42. The third-order valence-electron chi connectivity index (χ3n) is 2.07. The normalized spacial score (nSPS) is 15.8. The minimum absolute atomic E-state index is 0.203. The molecule has 0 unspecified atom stereocenters. The van der Waals surface area contributed by atoms with Crippen LogP contribution in [-0.4, -0.2) is 12.5 Å². The highest BCUT2D eigenvalue weighted by molar-refractivity contribution is 9.13. The van der Waals surface area contributed by atoms with Gasteiger partial charge in [-0.05, 0) is 50.1 Å². The van der Waals surface area contributed by atoms with Gasteiger partial charge in [-0.25, -0.2) is 0 Å². The van der Waals surface area contributed by atoms with Gasteiger partial charge in [0.05, 0.1) is 0 Å². The van der Waals surface area contributed by atoms with E-state index in [1.807, 2.05) is 18.2 Å². The molecule has 0 N–H and O–H groups in total. The molecule has 0 spiro atoms. The molecule has 2 nitrogen and oxygen atoms in total. The molecule has 1 heterocycles. The average Bonchev–Trinajstić information content (AvgIpc) is 2.09. The maximum absolute atomic E-state index is 11.1. The predicted molar refractivity (Wildman–Crippen MR) is 58.8 cm³/mol. The highest BCUT2D eigenvalue weighted by Gasteiger charge is 2.25. The summed E-state index contributed by atoms with van der Waals surface area (Å²) >= 11 is 6.79. The average molecular weight is 305 g/mol. The molecule has 13 heavy (non-hydrogen) atoms. The molecule has 0 atom stereocenters. The van der Waals surface area contributed by atoms with Gasteiger partial charge in [0.25, 0.3) is 0 Å². The van der Waals surface area contributed by atoms with E-state index in [0.29, 0.717) is 6.42 Å². The first-order valence-corrected chi connectivity index (χ1v) is 5.52. The van der Waals surface area contributed by atoms with Gasteiger partial charge in [-0.2, -0.15) is 0 Å². The molecular weight excluding hydrogens is 298 g/mol. The topological polar surface area (TPSA) is 20.3 Å². The number of anilines is 1. The summed E-state index contributed by atoms with van der Waals surface area (Å²) in [6.45, 7) is 0.840. The van der Waals surface area contributed by atoms with E-state index in [2.05, 4.69) is 31.9 Å². The Hall–Kier alpha value is -0.350. The number of hydrogen-bond donors (Lipinski definition) is 0. The smallest absolute Gasteiger partial charge is 0.228 e. The van der Waals surface area contributed by atoms with E-state index in [1.54, 1.807) is 4.90 Å². The van der Waals surface area contributed by atoms with Crippen molar-refractivity contribution in [2.75, 3.05) is 11.4 Å². The van der Waals surface area contributed by atoms with Gasteiger partial charge in [0.2, 0.25) is 5.91 Å². The largest absolute Gasteiger partial charge is 0.312 e. The van der Waals surface area contributed by atoms with Crippen molar-refractivity contribution in [1.29, 1.82) is 0 Å². The van der Waals surface area contributed by atoms with Crippen LogP contribution < -0.4 is 4.90 Å². The molecule has 2 rings (SSSR count). The first-order chi connectivity index (χ1) is 6.18. The Morgan fingerprint density at radius 1 is 1.23 bits per heavy atom. The molecule has 1 fully saturated rings. The monoisotopic (exact) mass is 303 g/mol. The highest BCUT2D eigenvalue weighted by atomic mass is 79.9. The minimum Gasteiger partial charge on any atom is -0.312 e. The number of benzene rings is 1. The molecule has 1 aromatic rings. The van der Waals surface area contributed by atoms with Crippen molar-refractivity contribution in [1.82, 2.24) is 0 Å². The van der Waals surface area contributed by atoms with E-state index in [4.69, 9.17) is 0 Å². The van der Waals surface area contributed by atoms with Gasteiger partial charge in [-0.1, -0.05) is 0 Å². The van der Waals surface area contributed by atoms with Crippen LogP contribution in [0.1, 0.15) is 6.42 Å². The number of hydrogen-bond acceptors (Lipinski definition) is 1. The van der Waals surface area contributed by atoms with Crippen LogP contribution in [0, 0.1) is 0 Å². The van der Waals surface area contributed by atoms with Crippen LogP contribution in [-0.2, 0) is 4.79 Å². The van der Waals surface area contributed by atoms with Crippen molar-refractivity contribution in [2.24, 2.45) is 0 Å². The zero-order chi connectivity index (χ0) is 9.42. The fourth-order valence-electron chi connectivity index (χ4n) is 1.24. The molecule has 1 aromatic carbocycles. The number of β-lactam (4-membered cyclic amide) rings is 1. The molecule has 1 saturated heterocycles. The van der Waals surface area contributed by atoms with Crippen molar-refractivity contribution in [2.45, 2.75) is 6.42 Å². The number of halogens is 2. The van der Waals surface area contributed by atoms with Crippen LogP contribution in [0.2, 0.25) is 0 Å². The molecular formula is C9H7Br2NO. The predicted octanol–water partition coefficient (Wildman–Crippen LogP) is 2.95. The number of rotatable bonds is 1.